The van der Waals surface area contributed by atoms with Gasteiger partial charge < -0.3 is 10.1 Å². The first kappa shape index (κ1) is 12.3. The molecule has 0 amide bonds. The Morgan fingerprint density at radius 2 is 1.88 bits per heavy atom. The molecule has 2 rings (SSSR count). The van der Waals surface area contributed by atoms with Crippen molar-refractivity contribution in [1.29, 1.82) is 0 Å². The summed E-state index contributed by atoms with van der Waals surface area (Å²) in [6.45, 7) is 0. The Kier molecular flexibility index (Phi) is 3.94. The molecule has 1 aliphatic carbocycles. The molecule has 0 aliphatic heterocycles. The molecule has 0 saturated heterocycles. The predicted octanol–water partition coefficient (Wildman–Crippen LogP) is 3.33. The van der Waals surface area contributed by atoms with Crippen molar-refractivity contribution in [3.8, 4) is 0 Å². The van der Waals surface area contributed by atoms with Crippen LogP contribution in [0.1, 0.15) is 25.7 Å². The normalized spacial score (nSPS) is 24.6. The fraction of sp³-hybridized carbons (Fsp3) is 0.538. The van der Waals surface area contributed by atoms with Crippen LogP contribution in [0.3, 0.4) is 0 Å². The average Bonchev–Trinajstić information content (AvgIpc) is 2.36. The Hall–Kier alpha value is -1.16. The summed E-state index contributed by atoms with van der Waals surface area (Å²) in [7, 11) is 1.71. The Morgan fingerprint density at radius 3 is 2.53 bits per heavy atom. The second-order valence-electron chi connectivity index (χ2n) is 4.46. The van der Waals surface area contributed by atoms with Crippen molar-refractivity contribution >= 4 is 5.69 Å². The highest BCUT2D eigenvalue weighted by atomic mass is 19.2. The smallest absolute Gasteiger partial charge is 0.181 e. The second kappa shape index (κ2) is 5.45. The van der Waals surface area contributed by atoms with Gasteiger partial charge in [0.25, 0.3) is 0 Å². The largest absolute Gasteiger partial charge is 0.381 e. The Balaban J connectivity index is 1.95. The monoisotopic (exact) mass is 241 g/mol. The zero-order valence-corrected chi connectivity index (χ0v) is 9.88. The van der Waals surface area contributed by atoms with Crippen molar-refractivity contribution in [3.05, 3.63) is 29.8 Å². The molecule has 1 N–H and O–H groups in total. The molecule has 0 spiro atoms. The quantitative estimate of drug-likeness (QED) is 0.876. The van der Waals surface area contributed by atoms with E-state index in [0.717, 1.165) is 31.7 Å². The van der Waals surface area contributed by atoms with E-state index in [4.69, 9.17) is 4.74 Å². The first-order valence-electron chi connectivity index (χ1n) is 5.94. The van der Waals surface area contributed by atoms with E-state index in [0.29, 0.717) is 6.10 Å². The lowest BCUT2D eigenvalue weighted by atomic mass is 9.93. The van der Waals surface area contributed by atoms with Gasteiger partial charge in [-0.3, -0.25) is 0 Å². The molecule has 1 aliphatic rings. The van der Waals surface area contributed by atoms with Gasteiger partial charge >= 0.3 is 0 Å². The average molecular weight is 241 g/mol. The van der Waals surface area contributed by atoms with Crippen molar-refractivity contribution in [2.45, 2.75) is 37.8 Å². The van der Waals surface area contributed by atoms with Gasteiger partial charge in [-0.1, -0.05) is 6.07 Å². The lowest BCUT2D eigenvalue weighted by molar-refractivity contribution is 0.0681. The number of hydrogen-bond donors (Lipinski definition) is 1. The van der Waals surface area contributed by atoms with E-state index >= 15 is 0 Å². The molecule has 1 fully saturated rings. The maximum Gasteiger partial charge on any atom is 0.181 e. The van der Waals surface area contributed by atoms with E-state index < -0.39 is 11.6 Å². The molecule has 0 radical (unpaired) electrons. The van der Waals surface area contributed by atoms with Crippen molar-refractivity contribution in [3.63, 3.8) is 0 Å². The molecule has 0 aromatic heterocycles. The van der Waals surface area contributed by atoms with Gasteiger partial charge in [0.15, 0.2) is 11.6 Å². The minimum absolute atomic E-state index is 0.206. The SMILES string of the molecule is COC1CCC(Nc2cccc(F)c2F)CC1. The number of anilines is 1. The van der Waals surface area contributed by atoms with Crippen molar-refractivity contribution in [2.75, 3.05) is 12.4 Å². The van der Waals surface area contributed by atoms with E-state index in [9.17, 15) is 8.78 Å². The first-order chi connectivity index (χ1) is 8.20. The summed E-state index contributed by atoms with van der Waals surface area (Å²) < 4.78 is 31.7. The lowest BCUT2D eigenvalue weighted by Gasteiger charge is -2.29. The van der Waals surface area contributed by atoms with Gasteiger partial charge in [-0.05, 0) is 37.8 Å². The summed E-state index contributed by atoms with van der Waals surface area (Å²) in [4.78, 5) is 0. The molecule has 2 nitrogen and oxygen atoms in total. The first-order valence-corrected chi connectivity index (χ1v) is 5.94. The molecular weight excluding hydrogens is 224 g/mol. The molecular formula is C13H17F2NO. The Morgan fingerprint density at radius 1 is 1.18 bits per heavy atom. The van der Waals surface area contributed by atoms with Crippen molar-refractivity contribution < 1.29 is 13.5 Å². The number of hydrogen-bond acceptors (Lipinski definition) is 2. The number of halogens is 2. The standard InChI is InChI=1S/C13H17F2NO/c1-17-10-7-5-9(6-8-10)16-12-4-2-3-11(14)13(12)15/h2-4,9-10,16H,5-8H2,1H3. The molecule has 94 valence electrons. The maximum absolute atomic E-state index is 13.4. The Labute approximate surface area is 100.0 Å². The van der Waals surface area contributed by atoms with Crippen LogP contribution in [0.15, 0.2) is 18.2 Å². The second-order valence-corrected chi connectivity index (χ2v) is 4.46. The summed E-state index contributed by atoms with van der Waals surface area (Å²) in [5.74, 6) is -1.60. The van der Waals surface area contributed by atoms with E-state index in [1.807, 2.05) is 0 Å². The van der Waals surface area contributed by atoms with Gasteiger partial charge in [-0.15, -0.1) is 0 Å². The number of benzene rings is 1. The van der Waals surface area contributed by atoms with Gasteiger partial charge in [-0.25, -0.2) is 8.78 Å². The van der Waals surface area contributed by atoms with Crippen LogP contribution >= 0.6 is 0 Å². The third-order valence-corrected chi connectivity index (χ3v) is 3.32. The summed E-state index contributed by atoms with van der Waals surface area (Å²) in [6, 6.07) is 4.42. The van der Waals surface area contributed by atoms with Gasteiger partial charge in [0, 0.05) is 13.2 Å². The molecule has 0 atom stereocenters. The zero-order valence-electron chi connectivity index (χ0n) is 9.88. The van der Waals surface area contributed by atoms with Crippen LogP contribution in [0.25, 0.3) is 0 Å². The topological polar surface area (TPSA) is 21.3 Å². The van der Waals surface area contributed by atoms with Gasteiger partial charge in [0.05, 0.1) is 11.8 Å². The van der Waals surface area contributed by atoms with Crippen LogP contribution < -0.4 is 5.32 Å². The molecule has 17 heavy (non-hydrogen) atoms. The van der Waals surface area contributed by atoms with E-state index in [-0.39, 0.29) is 11.7 Å². The minimum atomic E-state index is -0.805. The molecule has 0 unspecified atom stereocenters. The molecule has 1 aromatic carbocycles. The van der Waals surface area contributed by atoms with Crippen LogP contribution in [0.5, 0.6) is 0 Å². The van der Waals surface area contributed by atoms with E-state index in [1.165, 1.54) is 6.07 Å². The summed E-state index contributed by atoms with van der Waals surface area (Å²) in [6.07, 6.45) is 4.09. The highest BCUT2D eigenvalue weighted by molar-refractivity contribution is 5.45. The van der Waals surface area contributed by atoms with Crippen LogP contribution in [-0.2, 0) is 4.74 Å². The van der Waals surface area contributed by atoms with Crippen molar-refractivity contribution in [1.82, 2.24) is 0 Å². The van der Waals surface area contributed by atoms with Crippen LogP contribution in [0.2, 0.25) is 0 Å². The lowest BCUT2D eigenvalue weighted by Crippen LogP contribution is -2.29. The molecule has 1 saturated carbocycles. The van der Waals surface area contributed by atoms with Gasteiger partial charge in [0.2, 0.25) is 0 Å². The van der Waals surface area contributed by atoms with Crippen LogP contribution in [-0.4, -0.2) is 19.3 Å². The summed E-state index contributed by atoms with van der Waals surface area (Å²) in [5.41, 5.74) is 0.255. The number of methoxy groups -OCH3 is 1. The number of nitrogens with one attached hydrogen (secondary N) is 1. The summed E-state index contributed by atoms with van der Waals surface area (Å²) in [5, 5.41) is 3.06. The maximum atomic E-state index is 13.4. The highest BCUT2D eigenvalue weighted by Gasteiger charge is 2.21. The number of ether oxygens (including phenoxy) is 1. The third kappa shape index (κ3) is 2.94. The molecule has 0 heterocycles. The zero-order chi connectivity index (χ0) is 12.3. The van der Waals surface area contributed by atoms with Crippen LogP contribution in [0.4, 0.5) is 14.5 Å². The molecule has 1 aromatic rings. The fourth-order valence-corrected chi connectivity index (χ4v) is 2.28. The highest BCUT2D eigenvalue weighted by Crippen LogP contribution is 2.25. The Bertz CT molecular complexity index is 376. The van der Waals surface area contributed by atoms with Crippen LogP contribution in [0, 0.1) is 11.6 Å². The number of rotatable bonds is 3. The summed E-state index contributed by atoms with van der Waals surface area (Å²) >= 11 is 0. The van der Waals surface area contributed by atoms with Gasteiger partial charge in [-0.2, -0.15) is 0 Å². The molecule has 0 bridgehead atoms. The fourth-order valence-electron chi connectivity index (χ4n) is 2.28. The van der Waals surface area contributed by atoms with Crippen molar-refractivity contribution in [2.24, 2.45) is 0 Å². The molecule has 4 heteroatoms. The third-order valence-electron chi connectivity index (χ3n) is 3.32. The van der Waals surface area contributed by atoms with Gasteiger partial charge in [0.1, 0.15) is 0 Å². The van der Waals surface area contributed by atoms with E-state index in [2.05, 4.69) is 5.32 Å². The predicted molar refractivity (Wildman–Crippen MR) is 63.0 cm³/mol. The minimum Gasteiger partial charge on any atom is -0.381 e. The van der Waals surface area contributed by atoms with E-state index in [1.54, 1.807) is 13.2 Å².